The summed E-state index contributed by atoms with van der Waals surface area (Å²) in [6.07, 6.45) is 5.55. The van der Waals surface area contributed by atoms with E-state index in [1.807, 2.05) is 0 Å². The molecule has 0 heterocycles. The first-order chi connectivity index (χ1) is 7.04. The highest BCUT2D eigenvalue weighted by molar-refractivity contribution is 4.58. The standard InChI is InChI=1S/C14H31N/c1-12(2)11-15-10-8-6-7-9-14(5)13(3)4/h12-15H,6-11H2,1-5H3. The topological polar surface area (TPSA) is 12.0 Å². The molecule has 1 nitrogen and oxygen atoms in total. The fraction of sp³-hybridized carbons (Fsp3) is 1.00. The van der Waals surface area contributed by atoms with E-state index in [2.05, 4.69) is 39.9 Å². The van der Waals surface area contributed by atoms with Gasteiger partial charge < -0.3 is 5.32 Å². The van der Waals surface area contributed by atoms with Crippen LogP contribution in [0.5, 0.6) is 0 Å². The molecule has 1 unspecified atom stereocenters. The zero-order valence-electron chi connectivity index (χ0n) is 11.5. The van der Waals surface area contributed by atoms with Crippen molar-refractivity contribution in [2.75, 3.05) is 13.1 Å². The summed E-state index contributed by atoms with van der Waals surface area (Å²) in [5.41, 5.74) is 0. The minimum atomic E-state index is 0.783. The zero-order chi connectivity index (χ0) is 11.7. The van der Waals surface area contributed by atoms with Gasteiger partial charge in [-0.3, -0.25) is 0 Å². The lowest BCUT2D eigenvalue weighted by Crippen LogP contribution is -2.20. The van der Waals surface area contributed by atoms with Crippen LogP contribution >= 0.6 is 0 Å². The van der Waals surface area contributed by atoms with Gasteiger partial charge in [-0.15, -0.1) is 0 Å². The minimum absolute atomic E-state index is 0.783. The van der Waals surface area contributed by atoms with Crippen molar-refractivity contribution in [2.24, 2.45) is 17.8 Å². The van der Waals surface area contributed by atoms with Crippen LogP contribution in [0.2, 0.25) is 0 Å². The van der Waals surface area contributed by atoms with Gasteiger partial charge in [-0.05, 0) is 37.3 Å². The van der Waals surface area contributed by atoms with E-state index in [-0.39, 0.29) is 0 Å². The van der Waals surface area contributed by atoms with E-state index in [0.29, 0.717) is 0 Å². The highest BCUT2D eigenvalue weighted by Crippen LogP contribution is 2.17. The summed E-state index contributed by atoms with van der Waals surface area (Å²) in [5, 5.41) is 3.50. The molecule has 15 heavy (non-hydrogen) atoms. The van der Waals surface area contributed by atoms with Crippen LogP contribution < -0.4 is 5.32 Å². The van der Waals surface area contributed by atoms with Gasteiger partial charge in [0.1, 0.15) is 0 Å². The van der Waals surface area contributed by atoms with Crippen molar-refractivity contribution < 1.29 is 0 Å². The van der Waals surface area contributed by atoms with E-state index >= 15 is 0 Å². The number of hydrogen-bond acceptors (Lipinski definition) is 1. The molecular weight excluding hydrogens is 182 g/mol. The molecule has 0 aliphatic heterocycles. The molecule has 0 aliphatic rings. The minimum Gasteiger partial charge on any atom is -0.316 e. The van der Waals surface area contributed by atoms with E-state index in [0.717, 1.165) is 17.8 Å². The molecule has 1 N–H and O–H groups in total. The van der Waals surface area contributed by atoms with E-state index in [9.17, 15) is 0 Å². The molecule has 0 aromatic carbocycles. The molecule has 0 rings (SSSR count). The molecule has 0 radical (unpaired) electrons. The Morgan fingerprint density at radius 3 is 2.07 bits per heavy atom. The molecule has 1 heteroatoms. The van der Waals surface area contributed by atoms with Crippen LogP contribution in [0.3, 0.4) is 0 Å². The number of nitrogens with one attached hydrogen (secondary N) is 1. The molecule has 0 amide bonds. The summed E-state index contributed by atoms with van der Waals surface area (Å²) < 4.78 is 0. The molecule has 0 aromatic rings. The van der Waals surface area contributed by atoms with Crippen LogP contribution in [0.1, 0.15) is 60.3 Å². The van der Waals surface area contributed by atoms with Crippen LogP contribution in [0, 0.1) is 17.8 Å². The number of rotatable bonds is 9. The lowest BCUT2D eigenvalue weighted by molar-refractivity contribution is 0.375. The first kappa shape index (κ1) is 15.0. The second-order valence-electron chi connectivity index (χ2n) is 5.67. The first-order valence-corrected chi connectivity index (χ1v) is 6.74. The third kappa shape index (κ3) is 10.2. The predicted molar refractivity (Wildman–Crippen MR) is 70.2 cm³/mol. The molecule has 0 aromatic heterocycles. The van der Waals surface area contributed by atoms with Crippen molar-refractivity contribution in [1.82, 2.24) is 5.32 Å². The van der Waals surface area contributed by atoms with E-state index < -0.39 is 0 Å². The third-order valence-corrected chi connectivity index (χ3v) is 3.20. The molecule has 1 atom stereocenters. The van der Waals surface area contributed by atoms with Crippen LogP contribution in [-0.2, 0) is 0 Å². The SMILES string of the molecule is CC(C)CNCCCCCC(C)C(C)C. The average Bonchev–Trinajstić information content (AvgIpc) is 2.15. The highest BCUT2D eigenvalue weighted by Gasteiger charge is 2.05. The monoisotopic (exact) mass is 213 g/mol. The highest BCUT2D eigenvalue weighted by atomic mass is 14.8. The van der Waals surface area contributed by atoms with Gasteiger partial charge in [0.2, 0.25) is 0 Å². The molecule has 0 spiro atoms. The van der Waals surface area contributed by atoms with Crippen molar-refractivity contribution in [2.45, 2.75) is 60.3 Å². The normalized spacial score (nSPS) is 13.8. The van der Waals surface area contributed by atoms with Gasteiger partial charge >= 0.3 is 0 Å². The maximum absolute atomic E-state index is 3.50. The fourth-order valence-corrected chi connectivity index (χ4v) is 1.62. The Kier molecular flexibility index (Phi) is 9.18. The average molecular weight is 213 g/mol. The zero-order valence-corrected chi connectivity index (χ0v) is 11.5. The van der Waals surface area contributed by atoms with Gasteiger partial charge in [-0.2, -0.15) is 0 Å². The molecule has 0 saturated carbocycles. The maximum atomic E-state index is 3.50. The smallest absolute Gasteiger partial charge is 0.00258 e. The summed E-state index contributed by atoms with van der Waals surface area (Å²) in [7, 11) is 0. The first-order valence-electron chi connectivity index (χ1n) is 6.74. The summed E-state index contributed by atoms with van der Waals surface area (Å²) >= 11 is 0. The van der Waals surface area contributed by atoms with Crippen LogP contribution in [-0.4, -0.2) is 13.1 Å². The number of unbranched alkanes of at least 4 members (excludes halogenated alkanes) is 2. The molecule has 92 valence electrons. The Balaban J connectivity index is 3.11. The second kappa shape index (κ2) is 9.21. The van der Waals surface area contributed by atoms with Crippen LogP contribution in [0.15, 0.2) is 0 Å². The lowest BCUT2D eigenvalue weighted by atomic mass is 9.92. The van der Waals surface area contributed by atoms with Gasteiger partial charge in [0.05, 0.1) is 0 Å². The van der Waals surface area contributed by atoms with Gasteiger partial charge in [0.15, 0.2) is 0 Å². The summed E-state index contributed by atoms with van der Waals surface area (Å²) in [5.74, 6) is 2.53. The van der Waals surface area contributed by atoms with E-state index in [1.54, 1.807) is 0 Å². The van der Waals surface area contributed by atoms with Crippen molar-refractivity contribution in [3.63, 3.8) is 0 Å². The van der Waals surface area contributed by atoms with Crippen LogP contribution in [0.25, 0.3) is 0 Å². The maximum Gasteiger partial charge on any atom is -0.00258 e. The fourth-order valence-electron chi connectivity index (χ4n) is 1.62. The quantitative estimate of drug-likeness (QED) is 0.569. The number of hydrogen-bond donors (Lipinski definition) is 1. The molecule has 0 aliphatic carbocycles. The van der Waals surface area contributed by atoms with E-state index in [1.165, 1.54) is 38.8 Å². The largest absolute Gasteiger partial charge is 0.316 e. The molecule has 0 saturated heterocycles. The third-order valence-electron chi connectivity index (χ3n) is 3.20. The predicted octanol–water partition coefficient (Wildman–Crippen LogP) is 4.08. The van der Waals surface area contributed by atoms with Crippen LogP contribution in [0.4, 0.5) is 0 Å². The Morgan fingerprint density at radius 2 is 1.53 bits per heavy atom. The van der Waals surface area contributed by atoms with Gasteiger partial charge in [-0.1, -0.05) is 53.9 Å². The molecule has 0 bridgehead atoms. The molecular formula is C14H31N. The van der Waals surface area contributed by atoms with Gasteiger partial charge in [0.25, 0.3) is 0 Å². The van der Waals surface area contributed by atoms with Crippen molar-refractivity contribution in [1.29, 1.82) is 0 Å². The Bertz CT molecular complexity index is 129. The van der Waals surface area contributed by atoms with Gasteiger partial charge in [0, 0.05) is 0 Å². The Labute approximate surface area is 97.0 Å². The summed E-state index contributed by atoms with van der Waals surface area (Å²) in [6.45, 7) is 13.9. The van der Waals surface area contributed by atoms with Crippen molar-refractivity contribution >= 4 is 0 Å². The van der Waals surface area contributed by atoms with E-state index in [4.69, 9.17) is 0 Å². The summed E-state index contributed by atoms with van der Waals surface area (Å²) in [6, 6.07) is 0. The van der Waals surface area contributed by atoms with Crippen molar-refractivity contribution in [3.8, 4) is 0 Å². The van der Waals surface area contributed by atoms with Gasteiger partial charge in [-0.25, -0.2) is 0 Å². The second-order valence-corrected chi connectivity index (χ2v) is 5.67. The molecule has 0 fully saturated rings. The Morgan fingerprint density at radius 1 is 0.867 bits per heavy atom. The Hall–Kier alpha value is -0.0400. The summed E-state index contributed by atoms with van der Waals surface area (Å²) in [4.78, 5) is 0. The van der Waals surface area contributed by atoms with Crippen molar-refractivity contribution in [3.05, 3.63) is 0 Å². The lowest BCUT2D eigenvalue weighted by Gasteiger charge is -2.14.